The maximum absolute atomic E-state index is 12.2. The van der Waals surface area contributed by atoms with E-state index in [1.165, 1.54) is 12.3 Å². The van der Waals surface area contributed by atoms with Gasteiger partial charge in [0, 0.05) is 30.8 Å². The van der Waals surface area contributed by atoms with Crippen molar-refractivity contribution in [3.05, 3.63) is 35.5 Å². The predicted molar refractivity (Wildman–Crippen MR) is 75.0 cm³/mol. The average molecular weight is 323 g/mol. The Morgan fingerprint density at radius 1 is 1.48 bits per heavy atom. The van der Waals surface area contributed by atoms with Crippen LogP contribution in [0.4, 0.5) is 8.78 Å². The van der Waals surface area contributed by atoms with Crippen molar-refractivity contribution in [1.82, 2.24) is 25.1 Å². The van der Waals surface area contributed by atoms with Gasteiger partial charge in [0.05, 0.1) is 6.54 Å². The summed E-state index contributed by atoms with van der Waals surface area (Å²) in [6, 6.07) is 2.58. The van der Waals surface area contributed by atoms with Crippen LogP contribution in [0.1, 0.15) is 40.8 Å². The number of carbonyl (C=O) groups excluding carboxylic acids is 1. The van der Waals surface area contributed by atoms with Crippen LogP contribution in [0.25, 0.3) is 0 Å². The zero-order valence-corrected chi connectivity index (χ0v) is 12.4. The van der Waals surface area contributed by atoms with E-state index in [1.807, 2.05) is 11.6 Å². The van der Waals surface area contributed by atoms with Crippen LogP contribution in [0, 0.1) is 0 Å². The molecule has 0 aromatic carbocycles. The smallest absolute Gasteiger partial charge is 0.388 e. The summed E-state index contributed by atoms with van der Waals surface area (Å²) in [6.45, 7) is -2.79. The molecule has 0 aliphatic heterocycles. The minimum atomic E-state index is -2.99. The quantitative estimate of drug-likeness (QED) is 0.873. The molecule has 3 rings (SSSR count). The van der Waals surface area contributed by atoms with Gasteiger partial charge in [-0.2, -0.15) is 8.78 Å². The van der Waals surface area contributed by atoms with Gasteiger partial charge in [-0.3, -0.25) is 4.79 Å². The number of nitrogens with zero attached hydrogens (tertiary/aromatic N) is 4. The molecule has 1 aliphatic rings. The Balaban J connectivity index is 1.63. The van der Waals surface area contributed by atoms with Crippen LogP contribution in [-0.4, -0.2) is 32.3 Å². The molecule has 1 saturated carbocycles. The van der Waals surface area contributed by atoms with Gasteiger partial charge in [0.25, 0.3) is 5.91 Å². The fourth-order valence-electron chi connectivity index (χ4n) is 2.19. The van der Waals surface area contributed by atoms with Crippen LogP contribution in [0.15, 0.2) is 18.3 Å². The lowest BCUT2D eigenvalue weighted by atomic mass is 10.2. The van der Waals surface area contributed by atoms with Gasteiger partial charge in [-0.15, -0.1) is 10.2 Å². The van der Waals surface area contributed by atoms with Crippen molar-refractivity contribution >= 4 is 5.91 Å². The lowest BCUT2D eigenvalue weighted by Crippen LogP contribution is -2.24. The molecule has 0 atom stereocenters. The average Bonchev–Trinajstić information content (AvgIpc) is 3.29. The van der Waals surface area contributed by atoms with E-state index < -0.39 is 12.5 Å². The van der Waals surface area contributed by atoms with Crippen molar-refractivity contribution in [2.24, 2.45) is 7.05 Å². The maximum Gasteiger partial charge on any atom is 0.388 e. The zero-order valence-electron chi connectivity index (χ0n) is 12.4. The highest BCUT2D eigenvalue weighted by Gasteiger charge is 2.29. The second kappa shape index (κ2) is 6.27. The lowest BCUT2D eigenvalue weighted by molar-refractivity contribution is -0.0529. The Morgan fingerprint density at radius 2 is 2.26 bits per heavy atom. The van der Waals surface area contributed by atoms with E-state index in [9.17, 15) is 13.6 Å². The van der Waals surface area contributed by atoms with Crippen LogP contribution in [0.2, 0.25) is 0 Å². The number of nitrogens with one attached hydrogen (secondary N) is 1. The van der Waals surface area contributed by atoms with Crippen molar-refractivity contribution in [3.63, 3.8) is 0 Å². The number of carbonyl (C=O) groups is 1. The van der Waals surface area contributed by atoms with Crippen molar-refractivity contribution < 1.29 is 18.3 Å². The van der Waals surface area contributed by atoms with E-state index in [-0.39, 0.29) is 18.0 Å². The minimum Gasteiger partial charge on any atom is -0.417 e. The fraction of sp³-hybridized carbons (Fsp3) is 0.429. The van der Waals surface area contributed by atoms with Gasteiger partial charge in [-0.25, -0.2) is 4.98 Å². The molecular weight excluding hydrogens is 308 g/mol. The van der Waals surface area contributed by atoms with Crippen molar-refractivity contribution in [2.45, 2.75) is 31.9 Å². The first-order valence-electron chi connectivity index (χ1n) is 7.12. The highest BCUT2D eigenvalue weighted by molar-refractivity contribution is 5.94. The summed E-state index contributed by atoms with van der Waals surface area (Å²) in [5.41, 5.74) is 0.181. The van der Waals surface area contributed by atoms with Gasteiger partial charge in [-0.1, -0.05) is 0 Å². The number of hydrogen-bond acceptors (Lipinski definition) is 5. The molecule has 1 aliphatic carbocycles. The van der Waals surface area contributed by atoms with Crippen molar-refractivity contribution in [1.29, 1.82) is 0 Å². The molecule has 122 valence electrons. The van der Waals surface area contributed by atoms with E-state index in [4.69, 9.17) is 0 Å². The first kappa shape index (κ1) is 15.3. The molecule has 1 fully saturated rings. The number of halogens is 2. The third-order valence-electron chi connectivity index (χ3n) is 3.56. The van der Waals surface area contributed by atoms with E-state index in [2.05, 4.69) is 25.2 Å². The molecule has 2 aromatic heterocycles. The van der Waals surface area contributed by atoms with E-state index in [1.54, 1.807) is 0 Å². The van der Waals surface area contributed by atoms with Gasteiger partial charge in [0.2, 0.25) is 5.88 Å². The topological polar surface area (TPSA) is 81.9 Å². The van der Waals surface area contributed by atoms with Crippen LogP contribution in [0.5, 0.6) is 5.88 Å². The van der Waals surface area contributed by atoms with Gasteiger partial charge in [0.15, 0.2) is 5.82 Å². The minimum absolute atomic E-state index is 0.181. The van der Waals surface area contributed by atoms with E-state index in [0.29, 0.717) is 11.7 Å². The SMILES string of the molecule is Cn1c(CNC(=O)c2ccnc(OC(F)F)c2)nnc1C1CC1. The van der Waals surface area contributed by atoms with Crippen LogP contribution >= 0.6 is 0 Å². The Kier molecular flexibility index (Phi) is 4.18. The summed E-state index contributed by atoms with van der Waals surface area (Å²) in [7, 11) is 1.86. The third-order valence-corrected chi connectivity index (χ3v) is 3.56. The third kappa shape index (κ3) is 3.61. The molecule has 0 saturated heterocycles. The number of alkyl halides is 2. The Hall–Kier alpha value is -2.58. The summed E-state index contributed by atoms with van der Waals surface area (Å²) >= 11 is 0. The molecule has 9 heteroatoms. The van der Waals surface area contributed by atoms with Crippen LogP contribution in [0.3, 0.4) is 0 Å². The van der Waals surface area contributed by atoms with Crippen molar-refractivity contribution in [2.75, 3.05) is 0 Å². The fourth-order valence-corrected chi connectivity index (χ4v) is 2.19. The first-order chi connectivity index (χ1) is 11.0. The summed E-state index contributed by atoms with van der Waals surface area (Å²) < 4.78 is 30.4. The molecule has 2 heterocycles. The number of pyridine rings is 1. The Bertz CT molecular complexity index is 715. The van der Waals surface area contributed by atoms with E-state index >= 15 is 0 Å². The number of hydrogen-bond donors (Lipinski definition) is 1. The Morgan fingerprint density at radius 3 is 2.96 bits per heavy atom. The molecule has 0 spiro atoms. The molecule has 23 heavy (non-hydrogen) atoms. The predicted octanol–water partition coefficient (Wildman–Crippen LogP) is 1.62. The molecule has 1 N–H and O–H groups in total. The molecular formula is C14H15F2N5O2. The largest absolute Gasteiger partial charge is 0.417 e. The summed E-state index contributed by atoms with van der Waals surface area (Å²) in [4.78, 5) is 15.7. The maximum atomic E-state index is 12.2. The van der Waals surface area contributed by atoms with Gasteiger partial charge < -0.3 is 14.6 Å². The number of amides is 1. The highest BCUT2D eigenvalue weighted by atomic mass is 19.3. The molecule has 0 radical (unpaired) electrons. The molecule has 7 nitrogen and oxygen atoms in total. The number of rotatable bonds is 6. The lowest BCUT2D eigenvalue weighted by Gasteiger charge is -2.07. The molecule has 1 amide bonds. The molecule has 2 aromatic rings. The second-order valence-corrected chi connectivity index (χ2v) is 5.25. The monoisotopic (exact) mass is 323 g/mol. The van der Waals surface area contributed by atoms with E-state index in [0.717, 1.165) is 24.7 Å². The van der Waals surface area contributed by atoms with Gasteiger partial charge in [0.1, 0.15) is 5.82 Å². The summed E-state index contributed by atoms with van der Waals surface area (Å²) in [5.74, 6) is 1.29. The summed E-state index contributed by atoms with van der Waals surface area (Å²) in [5, 5.41) is 10.9. The van der Waals surface area contributed by atoms with Crippen LogP contribution in [-0.2, 0) is 13.6 Å². The molecule has 0 unspecified atom stereocenters. The standard InChI is InChI=1S/C14H15F2N5O2/c1-21-10(19-20-12(21)8-2-3-8)7-18-13(22)9-4-5-17-11(6-9)23-14(15)16/h4-6,8,14H,2-3,7H2,1H3,(H,18,22). The molecule has 0 bridgehead atoms. The van der Waals surface area contributed by atoms with Crippen molar-refractivity contribution in [3.8, 4) is 5.88 Å². The number of aromatic nitrogens is 4. The van der Waals surface area contributed by atoms with Gasteiger partial charge >= 0.3 is 6.61 Å². The second-order valence-electron chi connectivity index (χ2n) is 5.25. The zero-order chi connectivity index (χ0) is 16.4. The first-order valence-corrected chi connectivity index (χ1v) is 7.12. The number of ether oxygens (including phenoxy) is 1. The van der Waals surface area contributed by atoms with Crippen LogP contribution < -0.4 is 10.1 Å². The highest BCUT2D eigenvalue weighted by Crippen LogP contribution is 2.38. The Labute approximate surface area is 130 Å². The normalized spacial score (nSPS) is 14.1. The van der Waals surface area contributed by atoms with Gasteiger partial charge in [-0.05, 0) is 18.9 Å². The summed E-state index contributed by atoms with van der Waals surface area (Å²) in [6.07, 6.45) is 3.46.